The van der Waals surface area contributed by atoms with Gasteiger partial charge in [0.2, 0.25) is 0 Å². The molecule has 1 aliphatic rings. The van der Waals surface area contributed by atoms with Crippen LogP contribution in [0.4, 0.5) is 0 Å². The van der Waals surface area contributed by atoms with Gasteiger partial charge in [-0.15, -0.1) is 0 Å². The van der Waals surface area contributed by atoms with Gasteiger partial charge in [-0.3, -0.25) is 0 Å². The molecule has 1 fully saturated rings. The van der Waals surface area contributed by atoms with Crippen molar-refractivity contribution in [3.63, 3.8) is 0 Å². The van der Waals surface area contributed by atoms with Crippen LogP contribution in [0.1, 0.15) is 31.2 Å². The van der Waals surface area contributed by atoms with Crippen molar-refractivity contribution >= 4 is 0 Å². The molecule has 1 saturated carbocycles. The quantitative estimate of drug-likeness (QED) is 0.747. The molecular weight excluding hydrogens is 160 g/mol. The number of phenolic OH excluding ortho intramolecular Hbond substituents is 1. The Morgan fingerprint density at radius 3 is 2.69 bits per heavy atom. The molecule has 0 atom stereocenters. The van der Waals surface area contributed by atoms with E-state index >= 15 is 0 Å². The van der Waals surface area contributed by atoms with Crippen molar-refractivity contribution in [3.05, 3.63) is 29.8 Å². The fourth-order valence-electron chi connectivity index (χ4n) is 1.71. The van der Waals surface area contributed by atoms with E-state index in [0.29, 0.717) is 5.75 Å². The molecule has 0 amide bonds. The zero-order valence-electron chi connectivity index (χ0n) is 7.87. The van der Waals surface area contributed by atoms with Crippen molar-refractivity contribution in [1.82, 2.24) is 0 Å². The van der Waals surface area contributed by atoms with Crippen LogP contribution in [0.15, 0.2) is 24.3 Å². The second kappa shape index (κ2) is 3.82. The first-order chi connectivity index (χ1) is 6.36. The fraction of sp³-hybridized carbons (Fsp3) is 0.500. The summed E-state index contributed by atoms with van der Waals surface area (Å²) >= 11 is 0. The average Bonchev–Trinajstić information content (AvgIpc) is 2.92. The third-order valence-electron chi connectivity index (χ3n) is 2.75. The van der Waals surface area contributed by atoms with E-state index in [1.807, 2.05) is 18.2 Å². The summed E-state index contributed by atoms with van der Waals surface area (Å²) in [5, 5.41) is 9.49. The molecule has 1 aromatic rings. The fourth-order valence-corrected chi connectivity index (χ4v) is 1.71. The van der Waals surface area contributed by atoms with E-state index in [4.69, 9.17) is 0 Å². The summed E-state index contributed by atoms with van der Waals surface area (Å²) in [6, 6.07) is 7.65. The second-order valence-corrected chi connectivity index (χ2v) is 3.96. The van der Waals surface area contributed by atoms with Crippen LogP contribution in [-0.2, 0) is 6.42 Å². The van der Waals surface area contributed by atoms with Crippen molar-refractivity contribution < 1.29 is 5.11 Å². The van der Waals surface area contributed by atoms with Gasteiger partial charge in [-0.2, -0.15) is 0 Å². The summed E-state index contributed by atoms with van der Waals surface area (Å²) in [5.74, 6) is 1.46. The lowest BCUT2D eigenvalue weighted by Crippen LogP contribution is -1.86. The van der Waals surface area contributed by atoms with Crippen LogP contribution in [0.3, 0.4) is 0 Å². The van der Waals surface area contributed by atoms with E-state index in [9.17, 15) is 5.11 Å². The molecular formula is C12H16O. The van der Waals surface area contributed by atoms with E-state index in [-0.39, 0.29) is 0 Å². The number of benzene rings is 1. The van der Waals surface area contributed by atoms with Gasteiger partial charge in [0.25, 0.3) is 0 Å². The van der Waals surface area contributed by atoms with Crippen LogP contribution in [0, 0.1) is 5.92 Å². The number of rotatable bonds is 4. The summed E-state index contributed by atoms with van der Waals surface area (Å²) in [5.41, 5.74) is 1.10. The minimum atomic E-state index is 0.457. The first-order valence-corrected chi connectivity index (χ1v) is 5.13. The highest BCUT2D eigenvalue weighted by molar-refractivity contribution is 5.31. The second-order valence-electron chi connectivity index (χ2n) is 3.96. The first kappa shape index (κ1) is 8.61. The van der Waals surface area contributed by atoms with E-state index in [2.05, 4.69) is 0 Å². The van der Waals surface area contributed by atoms with Gasteiger partial charge in [-0.1, -0.05) is 37.5 Å². The molecule has 13 heavy (non-hydrogen) atoms. The smallest absolute Gasteiger partial charge is 0.118 e. The standard InChI is InChI=1S/C12H16O/c13-12-7-2-1-5-11(12)6-3-4-10-8-9-10/h1-2,5,7,10,13H,3-4,6,8-9H2. The summed E-state index contributed by atoms with van der Waals surface area (Å²) in [6.07, 6.45) is 6.46. The van der Waals surface area contributed by atoms with Crippen LogP contribution in [0.25, 0.3) is 0 Å². The number of aromatic hydroxyl groups is 1. The van der Waals surface area contributed by atoms with E-state index in [0.717, 1.165) is 17.9 Å². The van der Waals surface area contributed by atoms with Crippen LogP contribution < -0.4 is 0 Å². The molecule has 0 saturated heterocycles. The third-order valence-corrected chi connectivity index (χ3v) is 2.75. The molecule has 0 aliphatic heterocycles. The Morgan fingerprint density at radius 2 is 2.00 bits per heavy atom. The van der Waals surface area contributed by atoms with Gasteiger partial charge in [-0.25, -0.2) is 0 Å². The largest absolute Gasteiger partial charge is 0.508 e. The van der Waals surface area contributed by atoms with Crippen molar-refractivity contribution in [2.75, 3.05) is 0 Å². The number of phenols is 1. The van der Waals surface area contributed by atoms with Crippen molar-refractivity contribution in [2.24, 2.45) is 5.92 Å². The average molecular weight is 176 g/mol. The molecule has 1 nitrogen and oxygen atoms in total. The molecule has 1 heteroatoms. The van der Waals surface area contributed by atoms with Crippen molar-refractivity contribution in [1.29, 1.82) is 0 Å². The van der Waals surface area contributed by atoms with E-state index in [1.165, 1.54) is 25.7 Å². The van der Waals surface area contributed by atoms with Crippen LogP contribution in [0.5, 0.6) is 5.75 Å². The Morgan fingerprint density at radius 1 is 1.23 bits per heavy atom. The lowest BCUT2D eigenvalue weighted by atomic mass is 10.1. The van der Waals surface area contributed by atoms with Crippen LogP contribution in [0.2, 0.25) is 0 Å². The highest BCUT2D eigenvalue weighted by Crippen LogP contribution is 2.34. The van der Waals surface area contributed by atoms with Gasteiger partial charge in [0, 0.05) is 0 Å². The normalized spacial score (nSPS) is 16.0. The number of para-hydroxylation sites is 1. The van der Waals surface area contributed by atoms with Gasteiger partial charge in [-0.05, 0) is 30.4 Å². The molecule has 0 bridgehead atoms. The highest BCUT2D eigenvalue weighted by Gasteiger charge is 2.20. The molecule has 0 spiro atoms. The molecule has 1 N–H and O–H groups in total. The maximum absolute atomic E-state index is 9.49. The van der Waals surface area contributed by atoms with Gasteiger partial charge in [0.05, 0.1) is 0 Å². The Labute approximate surface area is 79.4 Å². The third kappa shape index (κ3) is 2.48. The van der Waals surface area contributed by atoms with Gasteiger partial charge in [0.15, 0.2) is 0 Å². The summed E-state index contributed by atoms with van der Waals surface area (Å²) in [4.78, 5) is 0. The predicted molar refractivity (Wildman–Crippen MR) is 53.8 cm³/mol. The van der Waals surface area contributed by atoms with Gasteiger partial charge >= 0.3 is 0 Å². The first-order valence-electron chi connectivity index (χ1n) is 5.13. The zero-order chi connectivity index (χ0) is 9.10. The Hall–Kier alpha value is -0.980. The number of aryl methyl sites for hydroxylation is 1. The summed E-state index contributed by atoms with van der Waals surface area (Å²) in [6.45, 7) is 0. The number of hydrogen-bond acceptors (Lipinski definition) is 1. The van der Waals surface area contributed by atoms with Gasteiger partial charge < -0.3 is 5.11 Å². The summed E-state index contributed by atoms with van der Waals surface area (Å²) < 4.78 is 0. The minimum absolute atomic E-state index is 0.457. The Bertz CT molecular complexity index is 276. The molecule has 0 radical (unpaired) electrons. The minimum Gasteiger partial charge on any atom is -0.508 e. The maximum atomic E-state index is 9.49. The van der Waals surface area contributed by atoms with Crippen molar-refractivity contribution in [3.8, 4) is 5.75 Å². The van der Waals surface area contributed by atoms with E-state index in [1.54, 1.807) is 6.07 Å². The topological polar surface area (TPSA) is 20.2 Å². The summed E-state index contributed by atoms with van der Waals surface area (Å²) in [7, 11) is 0. The number of hydrogen-bond donors (Lipinski definition) is 1. The van der Waals surface area contributed by atoms with Crippen molar-refractivity contribution in [2.45, 2.75) is 32.1 Å². The lowest BCUT2D eigenvalue weighted by molar-refractivity contribution is 0.466. The predicted octanol–water partition coefficient (Wildman–Crippen LogP) is 3.12. The Balaban J connectivity index is 1.82. The molecule has 0 aromatic heterocycles. The highest BCUT2D eigenvalue weighted by atomic mass is 16.3. The zero-order valence-corrected chi connectivity index (χ0v) is 7.87. The van der Waals surface area contributed by atoms with Gasteiger partial charge in [0.1, 0.15) is 5.75 Å². The molecule has 1 aromatic carbocycles. The molecule has 1 aliphatic carbocycles. The molecule has 0 heterocycles. The molecule has 70 valence electrons. The SMILES string of the molecule is Oc1ccccc1CCCC1CC1. The van der Waals surface area contributed by atoms with E-state index < -0.39 is 0 Å². The Kier molecular flexibility index (Phi) is 2.53. The van der Waals surface area contributed by atoms with Crippen LogP contribution >= 0.6 is 0 Å². The molecule has 0 unspecified atom stereocenters. The monoisotopic (exact) mass is 176 g/mol. The molecule has 2 rings (SSSR count). The lowest BCUT2D eigenvalue weighted by Gasteiger charge is -2.02. The maximum Gasteiger partial charge on any atom is 0.118 e. The van der Waals surface area contributed by atoms with Crippen LogP contribution in [-0.4, -0.2) is 5.11 Å².